The van der Waals surface area contributed by atoms with E-state index in [0.717, 1.165) is 48.5 Å². The molecule has 7 heteroatoms. The third-order valence-corrected chi connectivity index (χ3v) is 6.41. The van der Waals surface area contributed by atoms with Crippen molar-refractivity contribution in [1.29, 1.82) is 0 Å². The lowest BCUT2D eigenvalue weighted by Crippen LogP contribution is -2.37. The number of aromatic nitrogens is 4. The number of hydrogen-bond acceptors (Lipinski definition) is 6. The SMILES string of the molecule is c1cc(-c2nnc3ccc(N4CCCN(C5CCCC5)CC4)nn23)cs1. The van der Waals surface area contributed by atoms with Crippen LogP contribution in [0, 0.1) is 0 Å². The maximum atomic E-state index is 4.88. The molecule has 2 aliphatic rings. The highest BCUT2D eigenvalue weighted by Gasteiger charge is 2.25. The molecule has 2 fully saturated rings. The number of anilines is 1. The summed E-state index contributed by atoms with van der Waals surface area (Å²) in [6, 6.07) is 7.01. The summed E-state index contributed by atoms with van der Waals surface area (Å²) >= 11 is 1.67. The van der Waals surface area contributed by atoms with Gasteiger partial charge in [0, 0.05) is 43.2 Å². The predicted octanol–water partition coefficient (Wildman–Crippen LogP) is 3.31. The van der Waals surface area contributed by atoms with Gasteiger partial charge in [-0.1, -0.05) is 12.8 Å². The third kappa shape index (κ3) is 2.99. The van der Waals surface area contributed by atoms with Gasteiger partial charge < -0.3 is 4.90 Å². The van der Waals surface area contributed by atoms with Gasteiger partial charge in [0.25, 0.3) is 0 Å². The average Bonchev–Trinajstić information content (AvgIpc) is 3.40. The standard InChI is InChI=1S/C19H24N6S/c1-2-5-16(4-1)23-9-3-10-24(12-11-23)18-7-6-17-20-21-19(25(17)22-18)15-8-13-26-14-15/h6-8,13-14,16H,1-5,9-12H2. The number of rotatable bonds is 3. The Hall–Kier alpha value is -1.99. The zero-order valence-electron chi connectivity index (χ0n) is 14.9. The molecule has 26 heavy (non-hydrogen) atoms. The molecule has 0 unspecified atom stereocenters. The lowest BCUT2D eigenvalue weighted by atomic mass is 10.2. The van der Waals surface area contributed by atoms with Crippen LogP contribution in [-0.4, -0.2) is 56.9 Å². The van der Waals surface area contributed by atoms with Crippen LogP contribution < -0.4 is 4.90 Å². The second-order valence-corrected chi connectivity index (χ2v) is 8.09. The Morgan fingerprint density at radius 1 is 0.923 bits per heavy atom. The van der Waals surface area contributed by atoms with Crippen molar-refractivity contribution in [2.75, 3.05) is 31.1 Å². The fourth-order valence-corrected chi connectivity index (χ4v) is 4.95. The molecule has 4 heterocycles. The zero-order valence-corrected chi connectivity index (χ0v) is 15.7. The fraction of sp³-hybridized carbons (Fsp3) is 0.526. The van der Waals surface area contributed by atoms with Crippen molar-refractivity contribution in [3.05, 3.63) is 29.0 Å². The number of hydrogen-bond donors (Lipinski definition) is 0. The van der Waals surface area contributed by atoms with Crippen LogP contribution in [0.3, 0.4) is 0 Å². The second-order valence-electron chi connectivity index (χ2n) is 7.31. The Balaban J connectivity index is 1.39. The molecular formula is C19H24N6S. The molecule has 0 radical (unpaired) electrons. The van der Waals surface area contributed by atoms with Crippen molar-refractivity contribution in [1.82, 2.24) is 24.7 Å². The number of thiophene rings is 1. The molecule has 5 rings (SSSR count). The van der Waals surface area contributed by atoms with E-state index in [9.17, 15) is 0 Å². The lowest BCUT2D eigenvalue weighted by Gasteiger charge is -2.27. The van der Waals surface area contributed by atoms with E-state index in [4.69, 9.17) is 5.10 Å². The van der Waals surface area contributed by atoms with Crippen LogP contribution >= 0.6 is 11.3 Å². The largest absolute Gasteiger partial charge is 0.354 e. The Morgan fingerprint density at radius 3 is 2.69 bits per heavy atom. The summed E-state index contributed by atoms with van der Waals surface area (Å²) in [5.41, 5.74) is 1.88. The Morgan fingerprint density at radius 2 is 1.85 bits per heavy atom. The summed E-state index contributed by atoms with van der Waals surface area (Å²) in [4.78, 5) is 5.13. The molecule has 0 N–H and O–H groups in total. The van der Waals surface area contributed by atoms with E-state index < -0.39 is 0 Å². The van der Waals surface area contributed by atoms with Crippen LogP contribution in [0.2, 0.25) is 0 Å². The quantitative estimate of drug-likeness (QED) is 0.710. The summed E-state index contributed by atoms with van der Waals surface area (Å²) in [5.74, 6) is 1.85. The van der Waals surface area contributed by atoms with Crippen molar-refractivity contribution in [2.45, 2.75) is 38.1 Å². The maximum absolute atomic E-state index is 4.88. The second kappa shape index (κ2) is 6.96. The lowest BCUT2D eigenvalue weighted by molar-refractivity contribution is 0.213. The molecule has 1 saturated heterocycles. The van der Waals surface area contributed by atoms with Gasteiger partial charge in [-0.05, 0) is 42.8 Å². The van der Waals surface area contributed by atoms with Crippen LogP contribution in [0.15, 0.2) is 29.0 Å². The smallest absolute Gasteiger partial charge is 0.186 e. The summed E-state index contributed by atoms with van der Waals surface area (Å²) in [7, 11) is 0. The van der Waals surface area contributed by atoms with Gasteiger partial charge in [0.1, 0.15) is 5.82 Å². The van der Waals surface area contributed by atoms with E-state index in [-0.39, 0.29) is 0 Å². The van der Waals surface area contributed by atoms with Crippen molar-refractivity contribution < 1.29 is 0 Å². The Labute approximate surface area is 157 Å². The van der Waals surface area contributed by atoms with Crippen molar-refractivity contribution in [2.24, 2.45) is 0 Å². The van der Waals surface area contributed by atoms with Crippen molar-refractivity contribution >= 4 is 22.8 Å². The van der Waals surface area contributed by atoms with Gasteiger partial charge in [-0.25, -0.2) is 0 Å². The topological polar surface area (TPSA) is 49.6 Å². The van der Waals surface area contributed by atoms with Gasteiger partial charge in [-0.3, -0.25) is 4.90 Å². The van der Waals surface area contributed by atoms with Crippen LogP contribution in [0.5, 0.6) is 0 Å². The summed E-state index contributed by atoms with van der Waals surface area (Å²) < 4.78 is 1.89. The van der Waals surface area contributed by atoms with E-state index in [1.807, 2.05) is 10.6 Å². The Kier molecular flexibility index (Phi) is 4.34. The summed E-state index contributed by atoms with van der Waals surface area (Å²) in [5, 5.41) is 17.6. The average molecular weight is 369 g/mol. The van der Waals surface area contributed by atoms with Crippen LogP contribution in [0.1, 0.15) is 32.1 Å². The van der Waals surface area contributed by atoms with Gasteiger partial charge in [-0.2, -0.15) is 15.9 Å². The molecule has 1 aliphatic carbocycles. The minimum Gasteiger partial charge on any atom is -0.354 e. The first-order valence-electron chi connectivity index (χ1n) is 9.62. The highest BCUT2D eigenvalue weighted by molar-refractivity contribution is 7.08. The van der Waals surface area contributed by atoms with Gasteiger partial charge in [0.15, 0.2) is 11.5 Å². The monoisotopic (exact) mass is 368 g/mol. The van der Waals surface area contributed by atoms with E-state index >= 15 is 0 Å². The third-order valence-electron chi connectivity index (χ3n) is 5.72. The van der Waals surface area contributed by atoms with E-state index in [1.165, 1.54) is 38.6 Å². The first-order valence-corrected chi connectivity index (χ1v) is 10.6. The predicted molar refractivity (Wildman–Crippen MR) is 105 cm³/mol. The van der Waals surface area contributed by atoms with Gasteiger partial charge in [0.05, 0.1) is 0 Å². The Bertz CT molecular complexity index is 867. The van der Waals surface area contributed by atoms with Crippen LogP contribution in [0.25, 0.3) is 17.0 Å². The summed E-state index contributed by atoms with van der Waals surface area (Å²) in [6.45, 7) is 4.47. The first-order chi connectivity index (χ1) is 12.9. The normalized spacial score (nSPS) is 20.1. The molecule has 6 nitrogen and oxygen atoms in total. The molecule has 0 spiro atoms. The molecule has 0 atom stereocenters. The first kappa shape index (κ1) is 16.2. The number of nitrogens with zero attached hydrogens (tertiary/aromatic N) is 6. The molecule has 136 valence electrons. The molecule has 0 bridgehead atoms. The molecule has 1 saturated carbocycles. The van der Waals surface area contributed by atoms with Crippen molar-refractivity contribution in [3.8, 4) is 11.4 Å². The maximum Gasteiger partial charge on any atom is 0.186 e. The van der Waals surface area contributed by atoms with Gasteiger partial charge in [0.2, 0.25) is 0 Å². The highest BCUT2D eigenvalue weighted by atomic mass is 32.1. The minimum atomic E-state index is 0.803. The van der Waals surface area contributed by atoms with E-state index in [2.05, 4.69) is 42.9 Å². The van der Waals surface area contributed by atoms with Gasteiger partial charge >= 0.3 is 0 Å². The molecule has 3 aromatic rings. The fourth-order valence-electron chi connectivity index (χ4n) is 4.32. The van der Waals surface area contributed by atoms with E-state index in [1.54, 1.807) is 11.3 Å². The van der Waals surface area contributed by atoms with Crippen LogP contribution in [-0.2, 0) is 0 Å². The van der Waals surface area contributed by atoms with E-state index in [0.29, 0.717) is 0 Å². The molecular weight excluding hydrogens is 344 g/mol. The highest BCUT2D eigenvalue weighted by Crippen LogP contribution is 2.26. The van der Waals surface area contributed by atoms with Gasteiger partial charge in [-0.15, -0.1) is 15.3 Å². The zero-order chi connectivity index (χ0) is 17.3. The van der Waals surface area contributed by atoms with Crippen molar-refractivity contribution in [3.63, 3.8) is 0 Å². The number of fused-ring (bicyclic) bond motifs is 1. The van der Waals surface area contributed by atoms with Crippen LogP contribution in [0.4, 0.5) is 5.82 Å². The minimum absolute atomic E-state index is 0.803. The molecule has 3 aromatic heterocycles. The molecule has 0 aromatic carbocycles. The summed E-state index contributed by atoms with van der Waals surface area (Å²) in [6.07, 6.45) is 6.78. The molecule has 1 aliphatic heterocycles. The molecule has 0 amide bonds.